The predicted molar refractivity (Wildman–Crippen MR) is 94.1 cm³/mol. The maximum Gasteiger partial charge on any atom is 0.325 e. The fourth-order valence-corrected chi connectivity index (χ4v) is 3.11. The van der Waals surface area contributed by atoms with Crippen LogP contribution in [0, 0.1) is 5.92 Å². The first-order chi connectivity index (χ1) is 12.6. The molecular formula is C18H20ClN3O4. The lowest BCUT2D eigenvalue weighted by molar-refractivity contribution is -0.146. The van der Waals surface area contributed by atoms with Crippen LogP contribution in [0.1, 0.15) is 38.0 Å². The van der Waals surface area contributed by atoms with Crippen LogP contribution >= 0.6 is 11.6 Å². The normalized spacial score (nSPS) is 14.8. The van der Waals surface area contributed by atoms with Gasteiger partial charge in [-0.1, -0.05) is 48.2 Å². The second-order valence-electron chi connectivity index (χ2n) is 6.24. The van der Waals surface area contributed by atoms with Crippen molar-refractivity contribution in [2.24, 2.45) is 5.92 Å². The van der Waals surface area contributed by atoms with Crippen molar-refractivity contribution in [3.63, 3.8) is 0 Å². The molecule has 1 heterocycles. The average Bonchev–Trinajstić information content (AvgIpc) is 3.14. The summed E-state index contributed by atoms with van der Waals surface area (Å²) in [6.45, 7) is -0.309. The van der Waals surface area contributed by atoms with Gasteiger partial charge < -0.3 is 14.6 Å². The quantitative estimate of drug-likeness (QED) is 0.777. The Morgan fingerprint density at radius 1 is 1.27 bits per heavy atom. The Labute approximate surface area is 156 Å². The molecule has 3 rings (SSSR count). The summed E-state index contributed by atoms with van der Waals surface area (Å²) in [5.74, 6) is -0.0804. The van der Waals surface area contributed by atoms with Gasteiger partial charge in [-0.05, 0) is 25.0 Å². The molecule has 8 heteroatoms. The van der Waals surface area contributed by atoms with Crippen LogP contribution < -0.4 is 5.32 Å². The molecule has 0 atom stereocenters. The first kappa shape index (κ1) is 18.4. The molecule has 1 aromatic heterocycles. The van der Waals surface area contributed by atoms with E-state index in [-0.39, 0.29) is 30.9 Å². The van der Waals surface area contributed by atoms with Gasteiger partial charge in [0.25, 0.3) is 5.89 Å². The summed E-state index contributed by atoms with van der Waals surface area (Å²) in [7, 11) is 0. The van der Waals surface area contributed by atoms with Crippen LogP contribution in [0.4, 0.5) is 0 Å². The third-order valence-corrected chi connectivity index (χ3v) is 4.53. The Bertz CT molecular complexity index is 771. The molecule has 1 saturated carbocycles. The van der Waals surface area contributed by atoms with E-state index in [1.165, 1.54) is 6.42 Å². The maximum atomic E-state index is 12.0. The summed E-state index contributed by atoms with van der Waals surface area (Å²) in [5, 5.41) is 7.03. The monoisotopic (exact) mass is 377 g/mol. The summed E-state index contributed by atoms with van der Waals surface area (Å²) >= 11 is 5.93. The third kappa shape index (κ3) is 5.05. The van der Waals surface area contributed by atoms with Crippen LogP contribution in [0.2, 0.25) is 5.02 Å². The summed E-state index contributed by atoms with van der Waals surface area (Å²) in [6, 6.07) is 7.04. The Kier molecular flexibility index (Phi) is 6.22. The van der Waals surface area contributed by atoms with Gasteiger partial charge in [0.2, 0.25) is 11.7 Å². The van der Waals surface area contributed by atoms with Gasteiger partial charge >= 0.3 is 5.97 Å². The molecular weight excluding hydrogens is 358 g/mol. The second kappa shape index (κ2) is 8.80. The Morgan fingerprint density at radius 3 is 2.85 bits per heavy atom. The first-order valence-corrected chi connectivity index (χ1v) is 9.01. The van der Waals surface area contributed by atoms with E-state index in [1.54, 1.807) is 24.3 Å². The highest BCUT2D eigenvalue weighted by molar-refractivity contribution is 6.30. The molecule has 0 bridgehead atoms. The molecule has 1 aromatic carbocycles. The number of carbonyl (C=O) groups excluding carboxylic acids is 2. The number of hydrogen-bond acceptors (Lipinski definition) is 6. The van der Waals surface area contributed by atoms with Crippen LogP contribution in [-0.4, -0.2) is 28.6 Å². The van der Waals surface area contributed by atoms with Crippen molar-refractivity contribution < 1.29 is 18.8 Å². The van der Waals surface area contributed by atoms with Gasteiger partial charge in [-0.25, -0.2) is 0 Å². The highest BCUT2D eigenvalue weighted by atomic mass is 35.5. The molecule has 0 spiro atoms. The number of hydrogen-bond donors (Lipinski definition) is 1. The number of amides is 1. The molecule has 1 fully saturated rings. The molecule has 1 N–H and O–H groups in total. The molecule has 0 radical (unpaired) electrons. The van der Waals surface area contributed by atoms with Crippen LogP contribution in [0.5, 0.6) is 0 Å². The Hall–Kier alpha value is -2.41. The first-order valence-electron chi connectivity index (χ1n) is 8.63. The second-order valence-corrected chi connectivity index (χ2v) is 6.67. The summed E-state index contributed by atoms with van der Waals surface area (Å²) in [5.41, 5.74) is 0.707. The van der Waals surface area contributed by atoms with E-state index in [0.29, 0.717) is 16.4 Å². The number of halogens is 1. The van der Waals surface area contributed by atoms with Crippen LogP contribution in [-0.2, 0) is 20.9 Å². The van der Waals surface area contributed by atoms with E-state index in [4.69, 9.17) is 20.9 Å². The maximum absolute atomic E-state index is 12.0. The lowest BCUT2D eigenvalue weighted by Gasteiger charge is -2.20. The van der Waals surface area contributed by atoms with Crippen molar-refractivity contribution >= 4 is 23.5 Å². The zero-order valence-electron chi connectivity index (χ0n) is 14.2. The van der Waals surface area contributed by atoms with Gasteiger partial charge in [-0.3, -0.25) is 9.59 Å². The fourth-order valence-electron chi connectivity index (χ4n) is 2.92. The SMILES string of the molecule is O=C(CNC(=O)C1CCCCC1)OCc1nc(-c2cccc(Cl)c2)no1. The van der Waals surface area contributed by atoms with Gasteiger partial charge in [0, 0.05) is 16.5 Å². The van der Waals surface area contributed by atoms with Crippen molar-refractivity contribution in [3.8, 4) is 11.4 Å². The predicted octanol–water partition coefficient (Wildman–Crippen LogP) is 3.13. The third-order valence-electron chi connectivity index (χ3n) is 4.29. The van der Waals surface area contributed by atoms with Crippen LogP contribution in [0.3, 0.4) is 0 Å². The van der Waals surface area contributed by atoms with Gasteiger partial charge in [0.15, 0.2) is 6.61 Å². The number of benzene rings is 1. The number of aromatic nitrogens is 2. The Morgan fingerprint density at radius 2 is 2.08 bits per heavy atom. The molecule has 1 aliphatic carbocycles. The minimum absolute atomic E-state index is 0.00717. The number of rotatable bonds is 6. The van der Waals surface area contributed by atoms with Gasteiger partial charge in [-0.15, -0.1) is 0 Å². The molecule has 1 amide bonds. The zero-order valence-corrected chi connectivity index (χ0v) is 15.0. The number of carbonyl (C=O) groups is 2. The molecule has 2 aromatic rings. The van der Waals surface area contributed by atoms with Crippen LogP contribution in [0.25, 0.3) is 11.4 Å². The Balaban J connectivity index is 1.44. The number of nitrogens with zero attached hydrogens (tertiary/aromatic N) is 2. The van der Waals surface area contributed by atoms with E-state index in [2.05, 4.69) is 15.5 Å². The van der Waals surface area contributed by atoms with E-state index < -0.39 is 5.97 Å². The van der Waals surface area contributed by atoms with Crippen molar-refractivity contribution in [1.82, 2.24) is 15.5 Å². The van der Waals surface area contributed by atoms with Crippen molar-refractivity contribution in [2.45, 2.75) is 38.7 Å². The lowest BCUT2D eigenvalue weighted by Crippen LogP contribution is -2.36. The molecule has 0 aliphatic heterocycles. The minimum Gasteiger partial charge on any atom is -0.454 e. The van der Waals surface area contributed by atoms with Crippen molar-refractivity contribution in [3.05, 3.63) is 35.2 Å². The largest absolute Gasteiger partial charge is 0.454 e. The lowest BCUT2D eigenvalue weighted by atomic mass is 9.89. The summed E-state index contributed by atoms with van der Waals surface area (Å²) in [6.07, 6.45) is 5.07. The molecule has 0 saturated heterocycles. The van der Waals surface area contributed by atoms with E-state index >= 15 is 0 Å². The zero-order chi connectivity index (χ0) is 18.4. The smallest absolute Gasteiger partial charge is 0.325 e. The molecule has 7 nitrogen and oxygen atoms in total. The highest BCUT2D eigenvalue weighted by Gasteiger charge is 2.21. The van der Waals surface area contributed by atoms with Gasteiger partial charge in [-0.2, -0.15) is 4.98 Å². The van der Waals surface area contributed by atoms with E-state index in [9.17, 15) is 9.59 Å². The molecule has 1 aliphatic rings. The molecule has 0 unspecified atom stereocenters. The van der Waals surface area contributed by atoms with E-state index in [0.717, 1.165) is 25.7 Å². The standard InChI is InChI=1S/C18H20ClN3O4/c19-14-8-4-7-13(9-14)17-21-15(26-22-17)11-25-16(23)10-20-18(24)12-5-2-1-3-6-12/h4,7-9,12H,1-3,5-6,10-11H2,(H,20,24). The van der Waals surface area contributed by atoms with Crippen molar-refractivity contribution in [1.29, 1.82) is 0 Å². The average molecular weight is 378 g/mol. The topological polar surface area (TPSA) is 94.3 Å². The van der Waals surface area contributed by atoms with Gasteiger partial charge in [0.1, 0.15) is 6.54 Å². The number of ether oxygens (including phenoxy) is 1. The number of nitrogens with one attached hydrogen (secondary N) is 1. The highest BCUT2D eigenvalue weighted by Crippen LogP contribution is 2.23. The molecule has 138 valence electrons. The minimum atomic E-state index is -0.545. The van der Waals surface area contributed by atoms with Crippen molar-refractivity contribution in [2.75, 3.05) is 6.54 Å². The van der Waals surface area contributed by atoms with Gasteiger partial charge in [0.05, 0.1) is 0 Å². The fraction of sp³-hybridized carbons (Fsp3) is 0.444. The molecule has 26 heavy (non-hydrogen) atoms. The summed E-state index contributed by atoms with van der Waals surface area (Å²) in [4.78, 5) is 27.9. The summed E-state index contributed by atoms with van der Waals surface area (Å²) < 4.78 is 10.1. The number of esters is 1. The van der Waals surface area contributed by atoms with E-state index in [1.807, 2.05) is 0 Å². The van der Waals surface area contributed by atoms with Crippen LogP contribution in [0.15, 0.2) is 28.8 Å².